The van der Waals surface area contributed by atoms with Crippen LogP contribution in [0, 0.1) is 12.3 Å². The molecule has 1 rings (SSSR count). The molecular weight excluding hydrogens is 264 g/mol. The number of benzene rings is 1. The highest BCUT2D eigenvalue weighted by Crippen LogP contribution is 2.25. The van der Waals surface area contributed by atoms with Gasteiger partial charge in [0.25, 0.3) is 5.91 Å². The molecule has 102 valence electrons. The Morgan fingerprint density at radius 1 is 1.53 bits per heavy atom. The molecule has 1 aromatic rings. The van der Waals surface area contributed by atoms with E-state index in [0.717, 1.165) is 18.7 Å². The number of nitrogens with one attached hydrogen (secondary N) is 2. The Labute approximate surface area is 118 Å². The van der Waals surface area contributed by atoms with Gasteiger partial charge in [0.15, 0.2) is 6.61 Å². The van der Waals surface area contributed by atoms with Crippen LogP contribution in [0.15, 0.2) is 18.2 Å². The number of halogens is 1. The first-order chi connectivity index (χ1) is 9.17. The molecule has 0 saturated carbocycles. The van der Waals surface area contributed by atoms with E-state index in [1.54, 1.807) is 6.07 Å². The molecule has 1 amide bonds. The molecule has 0 aliphatic rings. The van der Waals surface area contributed by atoms with Gasteiger partial charge in [-0.2, -0.15) is 0 Å². The molecule has 4 nitrogen and oxygen atoms in total. The molecular formula is C14H17ClN2O2. The van der Waals surface area contributed by atoms with Gasteiger partial charge in [0.05, 0.1) is 11.6 Å². The molecule has 0 spiro atoms. The number of amides is 1. The quantitative estimate of drug-likeness (QED) is 0.746. The molecule has 0 radical (unpaired) electrons. The van der Waals surface area contributed by atoms with E-state index in [4.69, 9.17) is 22.8 Å². The third kappa shape index (κ3) is 5.64. The topological polar surface area (TPSA) is 50.4 Å². The second-order valence-electron chi connectivity index (χ2n) is 3.81. The lowest BCUT2D eigenvalue weighted by Gasteiger charge is -2.09. The van der Waals surface area contributed by atoms with Gasteiger partial charge in [0, 0.05) is 6.54 Å². The second-order valence-corrected chi connectivity index (χ2v) is 4.22. The zero-order valence-corrected chi connectivity index (χ0v) is 11.6. The van der Waals surface area contributed by atoms with Crippen LogP contribution in [0.2, 0.25) is 5.02 Å². The minimum Gasteiger partial charge on any atom is -0.482 e. The minimum atomic E-state index is -0.272. The summed E-state index contributed by atoms with van der Waals surface area (Å²) in [6.45, 7) is 3.77. The second kappa shape index (κ2) is 8.41. The van der Waals surface area contributed by atoms with Crippen LogP contribution >= 0.6 is 11.6 Å². The van der Waals surface area contributed by atoms with Crippen LogP contribution in [0.5, 0.6) is 5.75 Å². The summed E-state index contributed by atoms with van der Waals surface area (Å²) in [5.41, 5.74) is 1.07. The Bertz CT molecular complexity index is 469. The van der Waals surface area contributed by atoms with Crippen molar-refractivity contribution in [3.05, 3.63) is 28.8 Å². The lowest BCUT2D eigenvalue weighted by Crippen LogP contribution is -2.29. The van der Waals surface area contributed by atoms with Gasteiger partial charge < -0.3 is 15.4 Å². The first-order valence-electron chi connectivity index (χ1n) is 5.99. The largest absolute Gasteiger partial charge is 0.482 e. The van der Waals surface area contributed by atoms with Crippen LogP contribution in [0.3, 0.4) is 0 Å². The highest BCUT2D eigenvalue weighted by atomic mass is 35.5. The normalized spacial score (nSPS) is 9.74. The number of rotatable bonds is 7. The summed E-state index contributed by atoms with van der Waals surface area (Å²) < 4.78 is 5.32. The predicted molar refractivity (Wildman–Crippen MR) is 76.2 cm³/mol. The van der Waals surface area contributed by atoms with Gasteiger partial charge in [-0.3, -0.25) is 4.79 Å². The van der Waals surface area contributed by atoms with Gasteiger partial charge in [0.1, 0.15) is 5.75 Å². The Morgan fingerprint density at radius 2 is 2.32 bits per heavy atom. The number of carbonyl (C=O) groups is 1. The summed E-state index contributed by atoms with van der Waals surface area (Å²) >= 11 is 6.08. The molecule has 0 bridgehead atoms. The molecule has 5 heteroatoms. The van der Waals surface area contributed by atoms with Crippen LogP contribution in [-0.2, 0) is 11.3 Å². The number of hydrogen-bond acceptors (Lipinski definition) is 3. The molecule has 1 aromatic carbocycles. The molecule has 0 saturated heterocycles. The van der Waals surface area contributed by atoms with E-state index < -0.39 is 0 Å². The zero-order chi connectivity index (χ0) is 14.1. The summed E-state index contributed by atoms with van der Waals surface area (Å²) in [7, 11) is 0. The van der Waals surface area contributed by atoms with Crippen molar-refractivity contribution in [3.63, 3.8) is 0 Å². The monoisotopic (exact) mass is 280 g/mol. The number of carbonyl (C=O) groups excluding carboxylic acids is 1. The maximum Gasteiger partial charge on any atom is 0.258 e. The van der Waals surface area contributed by atoms with Crippen molar-refractivity contribution in [2.24, 2.45) is 0 Å². The van der Waals surface area contributed by atoms with Gasteiger partial charge in [-0.15, -0.1) is 6.42 Å². The zero-order valence-electron chi connectivity index (χ0n) is 10.8. The molecule has 2 N–H and O–H groups in total. The summed E-state index contributed by atoms with van der Waals surface area (Å²) in [6, 6.07) is 5.48. The first-order valence-corrected chi connectivity index (χ1v) is 6.37. The Morgan fingerprint density at radius 3 is 2.95 bits per heavy atom. The van der Waals surface area contributed by atoms with E-state index in [0.29, 0.717) is 10.8 Å². The smallest absolute Gasteiger partial charge is 0.258 e. The lowest BCUT2D eigenvalue weighted by molar-refractivity contribution is -0.122. The van der Waals surface area contributed by atoms with Crippen molar-refractivity contribution in [2.75, 3.05) is 19.7 Å². The maximum atomic E-state index is 11.3. The molecule has 0 heterocycles. The predicted octanol–water partition coefficient (Wildman–Crippen LogP) is 1.58. The summed E-state index contributed by atoms with van der Waals surface area (Å²) in [6.07, 6.45) is 5.03. The van der Waals surface area contributed by atoms with Gasteiger partial charge in [0.2, 0.25) is 0 Å². The van der Waals surface area contributed by atoms with E-state index in [9.17, 15) is 4.79 Å². The van der Waals surface area contributed by atoms with E-state index in [2.05, 4.69) is 16.6 Å². The van der Waals surface area contributed by atoms with Gasteiger partial charge in [-0.25, -0.2) is 0 Å². The van der Waals surface area contributed by atoms with Gasteiger partial charge in [-0.1, -0.05) is 30.5 Å². The first kappa shape index (κ1) is 15.4. The van der Waals surface area contributed by atoms with Crippen LogP contribution in [0.1, 0.15) is 12.5 Å². The van der Waals surface area contributed by atoms with Crippen molar-refractivity contribution in [1.29, 1.82) is 0 Å². The van der Waals surface area contributed by atoms with Crippen molar-refractivity contribution >= 4 is 17.5 Å². The fraction of sp³-hybridized carbons (Fsp3) is 0.357. The van der Waals surface area contributed by atoms with Crippen molar-refractivity contribution in [3.8, 4) is 18.1 Å². The molecule has 0 fully saturated rings. The molecule has 0 unspecified atom stereocenters. The summed E-state index contributed by atoms with van der Waals surface area (Å²) in [5, 5.41) is 6.20. The molecule has 0 aromatic heterocycles. The van der Waals surface area contributed by atoms with Crippen LogP contribution in [0.25, 0.3) is 0 Å². The van der Waals surface area contributed by atoms with Crippen molar-refractivity contribution < 1.29 is 9.53 Å². The fourth-order valence-electron chi connectivity index (χ4n) is 1.38. The van der Waals surface area contributed by atoms with Crippen molar-refractivity contribution in [1.82, 2.24) is 10.6 Å². The highest BCUT2D eigenvalue weighted by molar-refractivity contribution is 6.32. The SMILES string of the molecule is C#CCNC(=O)COc1ccc(CNCC)cc1Cl. The Kier molecular flexibility index (Phi) is 6.80. The van der Waals surface area contributed by atoms with Crippen LogP contribution in [0.4, 0.5) is 0 Å². The number of hydrogen-bond donors (Lipinski definition) is 2. The maximum absolute atomic E-state index is 11.3. The number of ether oxygens (including phenoxy) is 1. The molecule has 0 atom stereocenters. The molecule has 0 aliphatic heterocycles. The average Bonchev–Trinajstić information content (AvgIpc) is 2.41. The van der Waals surface area contributed by atoms with Crippen LogP contribution in [-0.4, -0.2) is 25.6 Å². The average molecular weight is 281 g/mol. The van der Waals surface area contributed by atoms with Gasteiger partial charge in [-0.05, 0) is 24.2 Å². The van der Waals surface area contributed by atoms with E-state index in [1.165, 1.54) is 0 Å². The van der Waals surface area contributed by atoms with E-state index in [-0.39, 0.29) is 19.1 Å². The van der Waals surface area contributed by atoms with E-state index in [1.807, 2.05) is 19.1 Å². The summed E-state index contributed by atoms with van der Waals surface area (Å²) in [4.78, 5) is 11.3. The standard InChI is InChI=1S/C14H17ClN2O2/c1-3-7-17-14(18)10-19-13-6-5-11(8-12(13)15)9-16-4-2/h1,5-6,8,16H,4,7,9-10H2,2H3,(H,17,18). The lowest BCUT2D eigenvalue weighted by atomic mass is 10.2. The Hall–Kier alpha value is -1.70. The third-order valence-corrected chi connectivity index (χ3v) is 2.62. The minimum absolute atomic E-state index is 0.103. The highest BCUT2D eigenvalue weighted by Gasteiger charge is 2.06. The molecule has 0 aliphatic carbocycles. The Balaban J connectivity index is 2.50. The van der Waals surface area contributed by atoms with E-state index >= 15 is 0 Å². The van der Waals surface area contributed by atoms with Gasteiger partial charge >= 0.3 is 0 Å². The number of terminal acetylenes is 1. The third-order valence-electron chi connectivity index (χ3n) is 2.32. The van der Waals surface area contributed by atoms with Crippen LogP contribution < -0.4 is 15.4 Å². The fourth-order valence-corrected chi connectivity index (χ4v) is 1.64. The summed E-state index contributed by atoms with van der Waals surface area (Å²) in [5.74, 6) is 2.53. The van der Waals surface area contributed by atoms with Crippen molar-refractivity contribution in [2.45, 2.75) is 13.5 Å². The molecule has 19 heavy (non-hydrogen) atoms.